The van der Waals surface area contributed by atoms with E-state index in [-0.39, 0.29) is 5.91 Å². The first-order valence-corrected chi connectivity index (χ1v) is 10.1. The minimum Gasteiger partial charge on any atom is -0.311 e. The second-order valence-corrected chi connectivity index (χ2v) is 8.29. The zero-order valence-corrected chi connectivity index (χ0v) is 16.1. The van der Waals surface area contributed by atoms with Crippen molar-refractivity contribution < 1.29 is 4.79 Å². The molecule has 7 heteroatoms. The minimum absolute atomic E-state index is 0.179. The van der Waals surface area contributed by atoms with Crippen LogP contribution in [0.4, 0.5) is 5.69 Å². The van der Waals surface area contributed by atoms with Crippen LogP contribution in [0.25, 0.3) is 11.3 Å². The van der Waals surface area contributed by atoms with Gasteiger partial charge in [-0.05, 0) is 31.0 Å². The van der Waals surface area contributed by atoms with Crippen molar-refractivity contribution in [3.8, 4) is 11.3 Å². The number of H-pyrrole nitrogens is 1. The Labute approximate surface area is 161 Å². The third-order valence-corrected chi connectivity index (χ3v) is 6.20. The highest BCUT2D eigenvalue weighted by molar-refractivity contribution is 7.09. The van der Waals surface area contributed by atoms with Crippen LogP contribution in [0.1, 0.15) is 21.8 Å². The molecule has 3 aromatic rings. The number of carbonyl (C=O) groups is 1. The predicted molar refractivity (Wildman–Crippen MR) is 106 cm³/mol. The summed E-state index contributed by atoms with van der Waals surface area (Å²) in [4.78, 5) is 21.7. The van der Waals surface area contributed by atoms with Crippen LogP contribution in [0.15, 0.2) is 29.8 Å². The van der Waals surface area contributed by atoms with Crippen LogP contribution in [0.5, 0.6) is 0 Å². The molecule has 0 spiro atoms. The second kappa shape index (κ2) is 6.58. The summed E-state index contributed by atoms with van der Waals surface area (Å²) in [6, 6.07) is 6.35. The number of hydrogen-bond donors (Lipinski definition) is 1. The van der Waals surface area contributed by atoms with Gasteiger partial charge >= 0.3 is 0 Å². The number of nitrogens with zero attached hydrogens (tertiary/aromatic N) is 4. The molecular formula is C20H21N5OS. The first-order chi connectivity index (χ1) is 13.2. The molecule has 0 radical (unpaired) electrons. The van der Waals surface area contributed by atoms with Crippen molar-refractivity contribution >= 4 is 22.9 Å². The molecule has 6 nitrogen and oxygen atoms in total. The first-order valence-electron chi connectivity index (χ1n) is 9.26. The molecule has 0 aliphatic carbocycles. The number of amides is 1. The zero-order valence-electron chi connectivity index (χ0n) is 15.2. The lowest BCUT2D eigenvalue weighted by atomic mass is 10.1. The van der Waals surface area contributed by atoms with Crippen molar-refractivity contribution in [2.24, 2.45) is 0 Å². The van der Waals surface area contributed by atoms with Gasteiger partial charge in [-0.2, -0.15) is 5.10 Å². The Balaban J connectivity index is 1.31. The summed E-state index contributed by atoms with van der Waals surface area (Å²) < 4.78 is 0. The maximum Gasteiger partial charge on any atom is 0.241 e. The Bertz CT molecular complexity index is 1010. The maximum absolute atomic E-state index is 12.9. The number of aryl methyl sites for hydroxylation is 1. The smallest absolute Gasteiger partial charge is 0.241 e. The van der Waals surface area contributed by atoms with Gasteiger partial charge < -0.3 is 4.90 Å². The molecule has 5 rings (SSSR count). The largest absolute Gasteiger partial charge is 0.311 e. The minimum atomic E-state index is 0.179. The summed E-state index contributed by atoms with van der Waals surface area (Å²) in [6.45, 7) is 4.93. The SMILES string of the molecule is Cc1nc(-c2ccc3c(c2)CCN3C(=O)CN2CCc3[nH]ncc3C2)cs1. The lowest BCUT2D eigenvalue weighted by molar-refractivity contribution is -0.119. The third-order valence-electron chi connectivity index (χ3n) is 5.43. The van der Waals surface area contributed by atoms with E-state index < -0.39 is 0 Å². The summed E-state index contributed by atoms with van der Waals surface area (Å²) in [6.07, 6.45) is 3.71. The molecule has 1 N–H and O–H groups in total. The van der Waals surface area contributed by atoms with E-state index in [4.69, 9.17) is 0 Å². The Morgan fingerprint density at radius 3 is 3.04 bits per heavy atom. The van der Waals surface area contributed by atoms with Crippen molar-refractivity contribution in [1.29, 1.82) is 0 Å². The topological polar surface area (TPSA) is 65.1 Å². The van der Waals surface area contributed by atoms with E-state index in [9.17, 15) is 4.79 Å². The Hall–Kier alpha value is -2.51. The highest BCUT2D eigenvalue weighted by Crippen LogP contribution is 2.33. The Kier molecular flexibility index (Phi) is 4.06. The molecule has 0 saturated carbocycles. The fourth-order valence-electron chi connectivity index (χ4n) is 4.01. The standard InChI is InChI=1S/C20H21N5OS/c1-13-22-18(12-27-13)14-2-3-19-15(8-14)4-7-25(19)20(26)11-24-6-5-17-16(10-24)9-21-23-17/h2-3,8-9,12H,4-7,10-11H2,1H3,(H,21,23). The highest BCUT2D eigenvalue weighted by atomic mass is 32.1. The van der Waals surface area contributed by atoms with Crippen molar-refractivity contribution in [3.05, 3.63) is 51.6 Å². The highest BCUT2D eigenvalue weighted by Gasteiger charge is 2.27. The van der Waals surface area contributed by atoms with Gasteiger partial charge in [0.05, 0.1) is 23.4 Å². The molecule has 2 aromatic heterocycles. The van der Waals surface area contributed by atoms with Gasteiger partial charge in [0.1, 0.15) is 0 Å². The lowest BCUT2D eigenvalue weighted by Crippen LogP contribution is -2.41. The number of thiazole rings is 1. The fraction of sp³-hybridized carbons (Fsp3) is 0.350. The van der Waals surface area contributed by atoms with Crippen molar-refractivity contribution in [1.82, 2.24) is 20.1 Å². The number of nitrogens with one attached hydrogen (secondary N) is 1. The molecule has 1 amide bonds. The van der Waals surface area contributed by atoms with Crippen molar-refractivity contribution in [3.63, 3.8) is 0 Å². The van der Waals surface area contributed by atoms with E-state index >= 15 is 0 Å². The van der Waals surface area contributed by atoms with Gasteiger partial charge in [-0.15, -0.1) is 11.3 Å². The van der Waals surface area contributed by atoms with Crippen LogP contribution in [-0.2, 0) is 24.2 Å². The number of carbonyl (C=O) groups excluding carboxylic acids is 1. The molecule has 2 aliphatic heterocycles. The maximum atomic E-state index is 12.9. The number of benzene rings is 1. The van der Waals surface area contributed by atoms with Gasteiger partial charge in [-0.3, -0.25) is 14.8 Å². The zero-order chi connectivity index (χ0) is 18.4. The summed E-state index contributed by atoms with van der Waals surface area (Å²) >= 11 is 1.67. The molecule has 138 valence electrons. The van der Waals surface area contributed by atoms with Crippen molar-refractivity contribution in [2.75, 3.05) is 24.5 Å². The fourth-order valence-corrected chi connectivity index (χ4v) is 4.63. The van der Waals surface area contributed by atoms with Gasteiger partial charge in [0.15, 0.2) is 0 Å². The van der Waals surface area contributed by atoms with Gasteiger partial charge in [-0.25, -0.2) is 4.98 Å². The number of anilines is 1. The van der Waals surface area contributed by atoms with Crippen LogP contribution in [0, 0.1) is 6.92 Å². The summed E-state index contributed by atoms with van der Waals surface area (Å²) in [5, 5.41) is 10.3. The van der Waals surface area contributed by atoms with Crippen LogP contribution >= 0.6 is 11.3 Å². The number of hydrogen-bond acceptors (Lipinski definition) is 5. The average molecular weight is 379 g/mol. The van der Waals surface area contributed by atoms with E-state index in [0.717, 1.165) is 54.4 Å². The lowest BCUT2D eigenvalue weighted by Gasteiger charge is -2.28. The third kappa shape index (κ3) is 3.07. The molecule has 0 saturated heterocycles. The van der Waals surface area contributed by atoms with Crippen LogP contribution in [0.3, 0.4) is 0 Å². The first kappa shape index (κ1) is 16.6. The van der Waals surface area contributed by atoms with Gasteiger partial charge in [-0.1, -0.05) is 6.07 Å². The molecule has 27 heavy (non-hydrogen) atoms. The number of aromatic nitrogens is 3. The van der Waals surface area contributed by atoms with E-state index in [1.807, 2.05) is 18.0 Å². The predicted octanol–water partition coefficient (Wildman–Crippen LogP) is 2.79. The summed E-state index contributed by atoms with van der Waals surface area (Å²) in [5.41, 5.74) is 6.86. The summed E-state index contributed by atoms with van der Waals surface area (Å²) in [7, 11) is 0. The van der Waals surface area contributed by atoms with Crippen molar-refractivity contribution in [2.45, 2.75) is 26.3 Å². The van der Waals surface area contributed by atoms with E-state index in [1.165, 1.54) is 16.8 Å². The molecule has 0 unspecified atom stereocenters. The van der Waals surface area contributed by atoms with E-state index in [0.29, 0.717) is 6.54 Å². The molecule has 0 bridgehead atoms. The normalized spacial score (nSPS) is 16.4. The van der Waals surface area contributed by atoms with Crippen LogP contribution in [-0.4, -0.2) is 45.6 Å². The van der Waals surface area contributed by atoms with Crippen LogP contribution in [0.2, 0.25) is 0 Å². The number of rotatable bonds is 3. The monoisotopic (exact) mass is 379 g/mol. The van der Waals surface area contributed by atoms with Gasteiger partial charge in [0.2, 0.25) is 5.91 Å². The summed E-state index contributed by atoms with van der Waals surface area (Å²) in [5.74, 6) is 0.179. The molecule has 4 heterocycles. The quantitative estimate of drug-likeness (QED) is 0.760. The van der Waals surface area contributed by atoms with E-state index in [1.54, 1.807) is 11.3 Å². The Morgan fingerprint density at radius 2 is 2.19 bits per heavy atom. The van der Waals surface area contributed by atoms with E-state index in [2.05, 4.69) is 43.7 Å². The van der Waals surface area contributed by atoms with Gasteiger partial charge in [0.25, 0.3) is 0 Å². The molecule has 0 fully saturated rings. The second-order valence-electron chi connectivity index (χ2n) is 7.23. The molecule has 0 atom stereocenters. The average Bonchev–Trinajstić information content (AvgIpc) is 3.39. The Morgan fingerprint density at radius 1 is 1.26 bits per heavy atom. The van der Waals surface area contributed by atoms with Gasteiger partial charge in [0, 0.05) is 53.9 Å². The molecular weight excluding hydrogens is 358 g/mol. The molecule has 1 aromatic carbocycles. The number of aromatic amines is 1. The molecule has 2 aliphatic rings. The van der Waals surface area contributed by atoms with Crippen LogP contribution < -0.4 is 4.90 Å². The number of fused-ring (bicyclic) bond motifs is 2.